The van der Waals surface area contributed by atoms with Gasteiger partial charge in [-0.1, -0.05) is 42.5 Å². The van der Waals surface area contributed by atoms with Crippen molar-refractivity contribution in [1.82, 2.24) is 10.3 Å². The van der Waals surface area contributed by atoms with Crippen LogP contribution in [0.1, 0.15) is 17.7 Å². The molecule has 0 bridgehead atoms. The van der Waals surface area contributed by atoms with E-state index in [1.807, 2.05) is 60.7 Å². The highest BCUT2D eigenvalue weighted by molar-refractivity contribution is 5.65. The number of aromatic nitrogens is 1. The number of pyridine rings is 1. The first kappa shape index (κ1) is 14.8. The van der Waals surface area contributed by atoms with Gasteiger partial charge in [-0.15, -0.1) is 0 Å². The molecule has 1 heterocycles. The van der Waals surface area contributed by atoms with Crippen LogP contribution in [-0.2, 0) is 6.42 Å². The second-order valence-electron chi connectivity index (χ2n) is 4.69. The number of aryl methyl sites for hydroxylation is 1. The zero-order chi connectivity index (χ0) is 14.9. The highest BCUT2D eigenvalue weighted by Gasteiger charge is 2.08. The number of hydrogen-bond acceptors (Lipinski definition) is 2. The van der Waals surface area contributed by atoms with Crippen molar-refractivity contribution in [3.8, 4) is 0 Å². The summed E-state index contributed by atoms with van der Waals surface area (Å²) >= 11 is 0. The van der Waals surface area contributed by atoms with E-state index < -0.39 is 6.09 Å². The van der Waals surface area contributed by atoms with E-state index in [0.29, 0.717) is 6.42 Å². The van der Waals surface area contributed by atoms with Gasteiger partial charge in [0, 0.05) is 6.20 Å². The monoisotopic (exact) mass is 282 g/mol. The van der Waals surface area contributed by atoms with Crippen molar-refractivity contribution in [3.05, 3.63) is 72.1 Å². The zero-order valence-corrected chi connectivity index (χ0v) is 11.6. The van der Waals surface area contributed by atoms with Crippen LogP contribution in [0.4, 0.5) is 4.79 Å². The Morgan fingerprint density at radius 2 is 1.95 bits per heavy atom. The third kappa shape index (κ3) is 5.48. The van der Waals surface area contributed by atoms with Gasteiger partial charge in [-0.3, -0.25) is 4.98 Å². The molecule has 2 N–H and O–H groups in total. The third-order valence-corrected chi connectivity index (χ3v) is 3.08. The maximum Gasteiger partial charge on any atom is 0.405 e. The summed E-state index contributed by atoms with van der Waals surface area (Å²) < 4.78 is 0. The summed E-state index contributed by atoms with van der Waals surface area (Å²) in [6, 6.07) is 15.4. The fourth-order valence-electron chi connectivity index (χ4n) is 2.03. The van der Waals surface area contributed by atoms with Gasteiger partial charge in [0.05, 0.1) is 11.7 Å². The molecular formula is C17H18N2O2. The van der Waals surface area contributed by atoms with Gasteiger partial charge in [0.1, 0.15) is 0 Å². The molecule has 0 aliphatic heterocycles. The van der Waals surface area contributed by atoms with Crippen LogP contribution in [0.3, 0.4) is 0 Å². The predicted octanol–water partition coefficient (Wildman–Crippen LogP) is 3.36. The lowest BCUT2D eigenvalue weighted by atomic mass is 10.0. The second-order valence-corrected chi connectivity index (χ2v) is 4.69. The first-order valence-corrected chi connectivity index (χ1v) is 6.86. The summed E-state index contributed by atoms with van der Waals surface area (Å²) in [5.74, 6) is 0. The quantitative estimate of drug-likeness (QED) is 0.854. The minimum absolute atomic E-state index is 0.232. The third-order valence-electron chi connectivity index (χ3n) is 3.08. The molecule has 4 heteroatoms. The number of rotatable bonds is 6. The van der Waals surface area contributed by atoms with Crippen LogP contribution in [0, 0.1) is 0 Å². The highest BCUT2D eigenvalue weighted by atomic mass is 16.4. The van der Waals surface area contributed by atoms with Crippen LogP contribution in [0.25, 0.3) is 6.08 Å². The van der Waals surface area contributed by atoms with Crippen LogP contribution in [0.2, 0.25) is 0 Å². The Morgan fingerprint density at radius 3 is 2.62 bits per heavy atom. The van der Waals surface area contributed by atoms with E-state index in [2.05, 4.69) is 10.3 Å². The number of amides is 1. The Hall–Kier alpha value is -2.62. The molecule has 2 rings (SSSR count). The molecule has 108 valence electrons. The Bertz CT molecular complexity index is 582. The molecule has 0 aliphatic rings. The van der Waals surface area contributed by atoms with Crippen molar-refractivity contribution >= 4 is 12.2 Å². The van der Waals surface area contributed by atoms with Crippen LogP contribution in [0.5, 0.6) is 0 Å². The number of benzene rings is 1. The van der Waals surface area contributed by atoms with Crippen molar-refractivity contribution in [2.45, 2.75) is 18.9 Å². The van der Waals surface area contributed by atoms with E-state index in [1.165, 1.54) is 5.56 Å². The van der Waals surface area contributed by atoms with Crippen molar-refractivity contribution in [3.63, 3.8) is 0 Å². The molecule has 0 aliphatic carbocycles. The molecule has 0 fully saturated rings. The molecule has 4 nitrogen and oxygen atoms in total. The van der Waals surface area contributed by atoms with Gasteiger partial charge >= 0.3 is 6.09 Å². The van der Waals surface area contributed by atoms with Crippen molar-refractivity contribution in [1.29, 1.82) is 0 Å². The van der Waals surface area contributed by atoms with Crippen molar-refractivity contribution in [2.24, 2.45) is 0 Å². The summed E-state index contributed by atoms with van der Waals surface area (Å²) in [7, 11) is 0. The van der Waals surface area contributed by atoms with E-state index in [1.54, 1.807) is 6.20 Å². The van der Waals surface area contributed by atoms with Crippen molar-refractivity contribution < 1.29 is 9.90 Å². The molecule has 1 atom stereocenters. The maximum absolute atomic E-state index is 10.9. The number of carboxylic acid groups (broad SMARTS) is 1. The molecule has 1 aromatic carbocycles. The topological polar surface area (TPSA) is 62.2 Å². The summed E-state index contributed by atoms with van der Waals surface area (Å²) in [5, 5.41) is 11.4. The lowest BCUT2D eigenvalue weighted by molar-refractivity contribution is 0.191. The Balaban J connectivity index is 1.97. The average molecular weight is 282 g/mol. The van der Waals surface area contributed by atoms with E-state index in [4.69, 9.17) is 5.11 Å². The molecule has 21 heavy (non-hydrogen) atoms. The van der Waals surface area contributed by atoms with Gasteiger partial charge in [-0.05, 0) is 36.6 Å². The van der Waals surface area contributed by atoms with Gasteiger partial charge in [0.25, 0.3) is 0 Å². The highest BCUT2D eigenvalue weighted by Crippen LogP contribution is 2.07. The molecule has 1 amide bonds. The summed E-state index contributed by atoms with van der Waals surface area (Å²) in [6.45, 7) is 0. The van der Waals surface area contributed by atoms with Gasteiger partial charge in [0.15, 0.2) is 0 Å². The van der Waals surface area contributed by atoms with Gasteiger partial charge in [0.2, 0.25) is 0 Å². The molecule has 0 radical (unpaired) electrons. The largest absolute Gasteiger partial charge is 0.465 e. The number of nitrogens with one attached hydrogen (secondary N) is 1. The van der Waals surface area contributed by atoms with Crippen molar-refractivity contribution in [2.75, 3.05) is 0 Å². The van der Waals surface area contributed by atoms with Gasteiger partial charge in [-0.25, -0.2) is 4.79 Å². The molecule has 0 spiro atoms. The van der Waals surface area contributed by atoms with E-state index in [0.717, 1.165) is 12.1 Å². The first-order valence-electron chi connectivity index (χ1n) is 6.86. The van der Waals surface area contributed by atoms with Crippen LogP contribution < -0.4 is 5.32 Å². The Labute approximate surface area is 124 Å². The number of carbonyl (C=O) groups is 1. The molecule has 0 saturated carbocycles. The zero-order valence-electron chi connectivity index (χ0n) is 11.6. The van der Waals surface area contributed by atoms with E-state index in [9.17, 15) is 4.79 Å². The SMILES string of the molecule is O=C(O)NC(C=Cc1ccccn1)CCc1ccccc1. The molecule has 1 aromatic heterocycles. The normalized spacial score (nSPS) is 12.2. The standard InChI is InChI=1S/C17H18N2O2/c20-17(21)19-16(10-9-14-6-2-1-3-7-14)12-11-15-8-4-5-13-18-15/h1-8,11-13,16,19H,9-10H2,(H,20,21). The van der Waals surface area contributed by atoms with E-state index in [-0.39, 0.29) is 6.04 Å². The number of hydrogen-bond donors (Lipinski definition) is 2. The van der Waals surface area contributed by atoms with Crippen LogP contribution in [0.15, 0.2) is 60.8 Å². The predicted molar refractivity (Wildman–Crippen MR) is 83.0 cm³/mol. The molecule has 1 unspecified atom stereocenters. The smallest absolute Gasteiger partial charge is 0.405 e. The lowest BCUT2D eigenvalue weighted by Crippen LogP contribution is -2.32. The fourth-order valence-corrected chi connectivity index (χ4v) is 2.03. The van der Waals surface area contributed by atoms with Crippen LogP contribution in [-0.4, -0.2) is 22.2 Å². The Morgan fingerprint density at radius 1 is 1.19 bits per heavy atom. The Kier molecular flexibility index (Phi) is 5.52. The minimum Gasteiger partial charge on any atom is -0.465 e. The first-order chi connectivity index (χ1) is 10.2. The summed E-state index contributed by atoms with van der Waals surface area (Å²) in [5.41, 5.74) is 2.01. The molecule has 2 aromatic rings. The molecule has 0 saturated heterocycles. The van der Waals surface area contributed by atoms with Gasteiger partial charge in [-0.2, -0.15) is 0 Å². The lowest BCUT2D eigenvalue weighted by Gasteiger charge is -2.12. The fraction of sp³-hybridized carbons (Fsp3) is 0.176. The van der Waals surface area contributed by atoms with Crippen LogP contribution >= 0.6 is 0 Å². The minimum atomic E-state index is -1.02. The van der Waals surface area contributed by atoms with E-state index >= 15 is 0 Å². The number of nitrogens with zero attached hydrogens (tertiary/aromatic N) is 1. The maximum atomic E-state index is 10.9. The molecular weight excluding hydrogens is 264 g/mol. The summed E-state index contributed by atoms with van der Waals surface area (Å²) in [6.07, 6.45) is 5.91. The van der Waals surface area contributed by atoms with Gasteiger partial charge < -0.3 is 10.4 Å². The summed E-state index contributed by atoms with van der Waals surface area (Å²) in [4.78, 5) is 15.1. The average Bonchev–Trinajstić information content (AvgIpc) is 2.51. The second kappa shape index (κ2) is 7.85.